The van der Waals surface area contributed by atoms with Crippen molar-refractivity contribution in [2.45, 2.75) is 13.0 Å². The van der Waals surface area contributed by atoms with Crippen molar-refractivity contribution in [3.63, 3.8) is 0 Å². The highest BCUT2D eigenvalue weighted by Gasteiger charge is 2.41. The molecule has 4 aromatic carbocycles. The monoisotopic (exact) mass is 518 g/mol. The number of benzene rings is 4. The summed E-state index contributed by atoms with van der Waals surface area (Å²) in [6.07, 6.45) is -4.70. The fraction of sp³-hybridized carbons (Fsp3) is 0.0714. The smallest absolute Gasteiger partial charge is 0.429 e. The van der Waals surface area contributed by atoms with Gasteiger partial charge in [0.25, 0.3) is 0 Å². The van der Waals surface area contributed by atoms with Gasteiger partial charge in [-0.05, 0) is 48.4 Å². The molecule has 4 rings (SSSR count). The summed E-state index contributed by atoms with van der Waals surface area (Å²) in [7, 11) is 0. The van der Waals surface area contributed by atoms with E-state index in [9.17, 15) is 35.1 Å². The van der Waals surface area contributed by atoms with E-state index in [2.05, 4.69) is 16.6 Å². The Morgan fingerprint density at radius 1 is 0.622 bits per heavy atom. The van der Waals surface area contributed by atoms with E-state index in [0.717, 1.165) is 5.56 Å². The van der Waals surface area contributed by atoms with E-state index in [0.29, 0.717) is 28.8 Å². The summed E-state index contributed by atoms with van der Waals surface area (Å²) in [4.78, 5) is 0. The summed E-state index contributed by atoms with van der Waals surface area (Å²) in [5.41, 5.74) is -0.00605. The molecule has 9 heteroatoms. The molecule has 0 aliphatic carbocycles. The molecule has 0 N–H and O–H groups in total. The van der Waals surface area contributed by atoms with Gasteiger partial charge < -0.3 is 4.74 Å². The van der Waals surface area contributed by atoms with Crippen LogP contribution in [0.4, 0.5) is 35.1 Å². The van der Waals surface area contributed by atoms with E-state index in [1.54, 1.807) is 43.3 Å². The van der Waals surface area contributed by atoms with E-state index in [4.69, 9.17) is 0 Å². The van der Waals surface area contributed by atoms with E-state index >= 15 is 0 Å². The standard InChI is InChI=1S/C28H14F8O/c1-15-2-9-20(21(29)10-15)18-7-5-16(6-8-18)3-4-17-11-22(30)26(23(31)12-17)28(35,36)37-19-13-24(32)27(34)25(33)14-19/h2,5-14H,1H3. The molecule has 37 heavy (non-hydrogen) atoms. The van der Waals surface area contributed by atoms with Gasteiger partial charge in [-0.2, -0.15) is 8.78 Å². The van der Waals surface area contributed by atoms with Crippen LogP contribution in [-0.4, -0.2) is 0 Å². The van der Waals surface area contributed by atoms with Crippen molar-refractivity contribution >= 4 is 0 Å². The Balaban J connectivity index is 1.57. The number of rotatable bonds is 4. The van der Waals surface area contributed by atoms with Crippen LogP contribution < -0.4 is 4.74 Å². The highest BCUT2D eigenvalue weighted by molar-refractivity contribution is 5.65. The molecule has 0 saturated heterocycles. The van der Waals surface area contributed by atoms with Gasteiger partial charge in [0.2, 0.25) is 0 Å². The van der Waals surface area contributed by atoms with Crippen molar-refractivity contribution in [3.05, 3.63) is 124 Å². The third-order valence-corrected chi connectivity index (χ3v) is 5.21. The molecule has 0 unspecified atom stereocenters. The van der Waals surface area contributed by atoms with Gasteiger partial charge in [-0.25, -0.2) is 26.3 Å². The van der Waals surface area contributed by atoms with E-state index in [1.807, 2.05) is 0 Å². The summed E-state index contributed by atoms with van der Waals surface area (Å²) in [5, 5.41) is 0. The van der Waals surface area contributed by atoms with Gasteiger partial charge in [0, 0.05) is 28.8 Å². The van der Waals surface area contributed by atoms with Crippen LogP contribution in [0.3, 0.4) is 0 Å². The maximum absolute atomic E-state index is 14.5. The molecule has 0 fully saturated rings. The lowest BCUT2D eigenvalue weighted by molar-refractivity contribution is -0.189. The van der Waals surface area contributed by atoms with Crippen LogP contribution in [0, 0.1) is 53.7 Å². The van der Waals surface area contributed by atoms with Crippen molar-refractivity contribution < 1.29 is 39.9 Å². The maximum Gasteiger partial charge on any atom is 0.432 e. The quantitative estimate of drug-likeness (QED) is 0.151. The summed E-state index contributed by atoms with van der Waals surface area (Å²) < 4.78 is 116. The van der Waals surface area contributed by atoms with E-state index < -0.39 is 52.3 Å². The first-order chi connectivity index (χ1) is 17.4. The minimum absolute atomic E-state index is 0.112. The van der Waals surface area contributed by atoms with Crippen LogP contribution in [0.1, 0.15) is 22.3 Å². The number of alkyl halides is 2. The Bertz CT molecular complexity index is 1500. The third-order valence-electron chi connectivity index (χ3n) is 5.21. The average molecular weight is 518 g/mol. The van der Waals surface area contributed by atoms with Gasteiger partial charge in [0.05, 0.1) is 0 Å². The topological polar surface area (TPSA) is 9.23 Å². The molecule has 0 heterocycles. The highest BCUT2D eigenvalue weighted by atomic mass is 19.3. The van der Waals surface area contributed by atoms with Crippen LogP contribution in [0.5, 0.6) is 5.75 Å². The van der Waals surface area contributed by atoms with Gasteiger partial charge >= 0.3 is 6.11 Å². The molecule has 0 saturated carbocycles. The van der Waals surface area contributed by atoms with Crippen LogP contribution in [-0.2, 0) is 6.11 Å². The minimum Gasteiger partial charge on any atom is -0.429 e. The SMILES string of the molecule is Cc1ccc(-c2ccc(C#Cc3cc(F)c(C(F)(F)Oc4cc(F)c(F)c(F)c4)c(F)c3)cc2)c(F)c1. The molecule has 4 aromatic rings. The Labute approximate surface area is 205 Å². The van der Waals surface area contributed by atoms with Crippen LogP contribution in [0.25, 0.3) is 11.1 Å². The predicted octanol–water partition coefficient (Wildman–Crippen LogP) is 8.02. The van der Waals surface area contributed by atoms with Gasteiger partial charge in [-0.3, -0.25) is 0 Å². The normalized spacial score (nSPS) is 11.2. The van der Waals surface area contributed by atoms with Crippen molar-refractivity contribution in [3.8, 4) is 28.7 Å². The van der Waals surface area contributed by atoms with E-state index in [-0.39, 0.29) is 17.7 Å². The van der Waals surface area contributed by atoms with E-state index in [1.165, 1.54) is 6.07 Å². The molecule has 0 spiro atoms. The third kappa shape index (κ3) is 5.59. The lowest BCUT2D eigenvalue weighted by atomic mass is 10.0. The molecule has 0 atom stereocenters. The average Bonchev–Trinajstić information content (AvgIpc) is 2.81. The lowest BCUT2D eigenvalue weighted by Gasteiger charge is -2.19. The molecule has 0 radical (unpaired) electrons. The second-order valence-corrected chi connectivity index (χ2v) is 7.95. The van der Waals surface area contributed by atoms with Gasteiger partial charge in [0.1, 0.15) is 28.8 Å². The summed E-state index contributed by atoms with van der Waals surface area (Å²) in [6, 6.07) is 12.3. The van der Waals surface area contributed by atoms with Gasteiger partial charge in [-0.15, -0.1) is 0 Å². The van der Waals surface area contributed by atoms with Crippen LogP contribution in [0.2, 0.25) is 0 Å². The first-order valence-corrected chi connectivity index (χ1v) is 10.5. The Morgan fingerprint density at radius 2 is 1.19 bits per heavy atom. The molecule has 0 bridgehead atoms. The summed E-state index contributed by atoms with van der Waals surface area (Å²) in [5.74, 6) is -5.57. The largest absolute Gasteiger partial charge is 0.432 e. The number of aryl methyl sites for hydroxylation is 1. The second kappa shape index (κ2) is 9.97. The molecule has 0 aliphatic heterocycles. The van der Waals surface area contributed by atoms with Crippen molar-refractivity contribution in [2.24, 2.45) is 0 Å². The molecule has 0 aromatic heterocycles. The number of ether oxygens (including phenoxy) is 1. The molecule has 0 aliphatic rings. The van der Waals surface area contributed by atoms with Crippen LogP contribution in [0.15, 0.2) is 66.7 Å². The summed E-state index contributed by atoms with van der Waals surface area (Å²) >= 11 is 0. The lowest BCUT2D eigenvalue weighted by Crippen LogP contribution is -2.25. The fourth-order valence-corrected chi connectivity index (χ4v) is 3.45. The van der Waals surface area contributed by atoms with Crippen LogP contribution >= 0.6 is 0 Å². The second-order valence-electron chi connectivity index (χ2n) is 7.95. The number of hydrogen-bond donors (Lipinski definition) is 0. The Kier molecular flexibility index (Phi) is 6.94. The summed E-state index contributed by atoms with van der Waals surface area (Å²) in [6.45, 7) is 1.76. The minimum atomic E-state index is -4.70. The molecule has 188 valence electrons. The fourth-order valence-electron chi connectivity index (χ4n) is 3.45. The first kappa shape index (κ1) is 25.8. The Hall–Kier alpha value is -4.32. The van der Waals surface area contributed by atoms with Crippen molar-refractivity contribution in [1.82, 2.24) is 0 Å². The molecule has 0 amide bonds. The predicted molar refractivity (Wildman–Crippen MR) is 120 cm³/mol. The molecular weight excluding hydrogens is 504 g/mol. The number of halogens is 8. The van der Waals surface area contributed by atoms with Crippen molar-refractivity contribution in [1.29, 1.82) is 0 Å². The van der Waals surface area contributed by atoms with Crippen molar-refractivity contribution in [2.75, 3.05) is 0 Å². The zero-order valence-electron chi connectivity index (χ0n) is 18.8. The zero-order valence-corrected chi connectivity index (χ0v) is 18.8. The van der Waals surface area contributed by atoms with Gasteiger partial charge in [-0.1, -0.05) is 36.1 Å². The zero-order chi connectivity index (χ0) is 26.9. The maximum atomic E-state index is 14.5. The molecule has 1 nitrogen and oxygen atoms in total. The first-order valence-electron chi connectivity index (χ1n) is 10.5. The highest BCUT2D eigenvalue weighted by Crippen LogP contribution is 2.36. The van der Waals surface area contributed by atoms with Gasteiger partial charge in [0.15, 0.2) is 17.5 Å². The molecular formula is C28H14F8O. The Morgan fingerprint density at radius 3 is 1.76 bits per heavy atom. The number of hydrogen-bond acceptors (Lipinski definition) is 1.